The van der Waals surface area contributed by atoms with Crippen LogP contribution in [0.15, 0.2) is 35.7 Å². The molecule has 3 N–H and O–H groups in total. The molecule has 31 heavy (non-hydrogen) atoms. The second kappa shape index (κ2) is 11.6. The Labute approximate surface area is 201 Å². The Kier molecular flexibility index (Phi) is 10.2. The van der Waals surface area contributed by atoms with Crippen LogP contribution in [0.3, 0.4) is 0 Å². The van der Waals surface area contributed by atoms with E-state index < -0.39 is 0 Å². The van der Waals surface area contributed by atoms with Crippen molar-refractivity contribution < 1.29 is 4.79 Å². The average Bonchev–Trinajstić information content (AvgIpc) is 3.10. The van der Waals surface area contributed by atoms with E-state index in [-0.39, 0.29) is 30.7 Å². The molecule has 0 saturated heterocycles. The number of hydrogen-bond donors (Lipinski definition) is 2. The first-order valence-electron chi connectivity index (χ1n) is 9.96. The van der Waals surface area contributed by atoms with Crippen LogP contribution in [-0.2, 0) is 13.0 Å². The number of rotatable bonds is 6. The normalized spacial score (nSPS) is 10.4. The van der Waals surface area contributed by atoms with Crippen LogP contribution in [-0.4, -0.2) is 10.9 Å². The van der Waals surface area contributed by atoms with Crippen molar-refractivity contribution in [3.63, 3.8) is 0 Å². The number of amides is 1. The Bertz CT molecular complexity index is 1030. The molecule has 0 aliphatic rings. The fraction of sp³-hybridized carbons (Fsp3) is 0.333. The van der Waals surface area contributed by atoms with Crippen molar-refractivity contribution in [3.05, 3.63) is 68.7 Å². The molecular formula is C24H31Cl2N3OS. The largest absolute Gasteiger partial charge is 0.326 e. The van der Waals surface area contributed by atoms with Crippen LogP contribution < -0.4 is 11.1 Å². The molecule has 3 rings (SSSR count). The lowest BCUT2D eigenvalue weighted by molar-refractivity contribution is 0.103. The topological polar surface area (TPSA) is 68.0 Å². The van der Waals surface area contributed by atoms with Crippen LogP contribution in [0.5, 0.6) is 0 Å². The standard InChI is InChI=1S/C24H29N3OS.2ClH/c1-14(2)12-20-19(13-25)21(18-8-6-15(3)7-9-18)22(17(5)26-20)27-24(28)23-16(4)10-11-29-23;;/h6-11,14H,12-13,25H2,1-5H3,(H,27,28);2*1H. The number of anilines is 1. The summed E-state index contributed by atoms with van der Waals surface area (Å²) in [5.74, 6) is 0.364. The molecule has 1 amide bonds. The molecule has 1 aromatic carbocycles. The maximum atomic E-state index is 13.0. The highest BCUT2D eigenvalue weighted by Crippen LogP contribution is 2.36. The molecule has 0 bridgehead atoms. The lowest BCUT2D eigenvalue weighted by atomic mass is 9.92. The monoisotopic (exact) mass is 479 g/mol. The minimum atomic E-state index is -0.102. The van der Waals surface area contributed by atoms with Gasteiger partial charge in [-0.15, -0.1) is 36.2 Å². The quantitative estimate of drug-likeness (QED) is 0.424. The molecule has 0 aliphatic heterocycles. The third-order valence-corrected chi connectivity index (χ3v) is 6.03. The highest BCUT2D eigenvalue weighted by molar-refractivity contribution is 7.12. The van der Waals surface area contributed by atoms with Gasteiger partial charge in [-0.2, -0.15) is 0 Å². The molecule has 7 heteroatoms. The van der Waals surface area contributed by atoms with Crippen LogP contribution in [0.4, 0.5) is 5.69 Å². The highest BCUT2D eigenvalue weighted by atomic mass is 35.5. The van der Waals surface area contributed by atoms with Crippen LogP contribution in [0.2, 0.25) is 0 Å². The van der Waals surface area contributed by atoms with Crippen LogP contribution in [0, 0.1) is 26.7 Å². The Balaban J connectivity index is 0.00000240. The average molecular weight is 481 g/mol. The number of aryl methyl sites for hydroxylation is 3. The Morgan fingerprint density at radius 2 is 1.74 bits per heavy atom. The second-order valence-electron chi connectivity index (χ2n) is 7.93. The van der Waals surface area contributed by atoms with E-state index in [1.165, 1.54) is 16.9 Å². The predicted molar refractivity (Wildman–Crippen MR) is 137 cm³/mol. The van der Waals surface area contributed by atoms with Gasteiger partial charge in [0.2, 0.25) is 0 Å². The van der Waals surface area contributed by atoms with Crippen molar-refractivity contribution in [1.82, 2.24) is 4.98 Å². The van der Waals surface area contributed by atoms with E-state index in [9.17, 15) is 4.79 Å². The summed E-state index contributed by atoms with van der Waals surface area (Å²) in [7, 11) is 0. The van der Waals surface area contributed by atoms with Gasteiger partial charge in [0, 0.05) is 17.8 Å². The number of carbonyl (C=O) groups excluding carboxylic acids is 1. The fourth-order valence-corrected chi connectivity index (χ4v) is 4.36. The van der Waals surface area contributed by atoms with Crippen molar-refractivity contribution in [3.8, 4) is 11.1 Å². The number of nitrogens with two attached hydrogens (primary N) is 1. The van der Waals surface area contributed by atoms with E-state index in [1.807, 2.05) is 25.3 Å². The summed E-state index contributed by atoms with van der Waals surface area (Å²) < 4.78 is 0. The van der Waals surface area contributed by atoms with E-state index in [1.54, 1.807) is 0 Å². The van der Waals surface area contributed by atoms with Gasteiger partial charge in [0.25, 0.3) is 5.91 Å². The van der Waals surface area contributed by atoms with Gasteiger partial charge < -0.3 is 11.1 Å². The van der Waals surface area contributed by atoms with Crippen molar-refractivity contribution in [1.29, 1.82) is 0 Å². The van der Waals surface area contributed by atoms with E-state index in [0.29, 0.717) is 12.5 Å². The van der Waals surface area contributed by atoms with Gasteiger partial charge in [-0.25, -0.2) is 0 Å². The SMILES string of the molecule is Cc1ccc(-c2c(CN)c(CC(C)C)nc(C)c2NC(=O)c2sccc2C)cc1.Cl.Cl. The number of thiophene rings is 1. The molecule has 0 aliphatic carbocycles. The van der Waals surface area contributed by atoms with Crippen LogP contribution in [0.25, 0.3) is 11.1 Å². The molecule has 0 atom stereocenters. The van der Waals surface area contributed by atoms with Crippen LogP contribution >= 0.6 is 36.2 Å². The summed E-state index contributed by atoms with van der Waals surface area (Å²) in [6.45, 7) is 10.7. The van der Waals surface area contributed by atoms with Crippen molar-refractivity contribution in [2.75, 3.05) is 5.32 Å². The molecule has 0 spiro atoms. The molecule has 0 unspecified atom stereocenters. The van der Waals surface area contributed by atoms with Gasteiger partial charge in [-0.05, 0) is 61.2 Å². The summed E-state index contributed by atoms with van der Waals surface area (Å²) in [4.78, 5) is 18.6. The van der Waals surface area contributed by atoms with Crippen LogP contribution in [0.1, 0.15) is 51.6 Å². The summed E-state index contributed by atoms with van der Waals surface area (Å²) in [5, 5.41) is 5.08. The first-order chi connectivity index (χ1) is 13.8. The van der Waals surface area contributed by atoms with Gasteiger partial charge in [0.15, 0.2) is 0 Å². The van der Waals surface area contributed by atoms with Gasteiger partial charge in [-0.3, -0.25) is 9.78 Å². The van der Waals surface area contributed by atoms with Gasteiger partial charge in [0.1, 0.15) is 0 Å². The number of hydrogen-bond acceptors (Lipinski definition) is 4. The molecule has 2 heterocycles. The maximum Gasteiger partial charge on any atom is 0.266 e. The third kappa shape index (κ3) is 6.07. The summed E-state index contributed by atoms with van der Waals surface area (Å²) in [6.07, 6.45) is 0.852. The Hall–Kier alpha value is -1.92. The number of benzene rings is 1. The molecule has 4 nitrogen and oxygen atoms in total. The maximum absolute atomic E-state index is 13.0. The Morgan fingerprint density at radius 1 is 1.10 bits per heavy atom. The summed E-state index contributed by atoms with van der Waals surface area (Å²) >= 11 is 1.45. The lowest BCUT2D eigenvalue weighted by Crippen LogP contribution is -2.17. The molecule has 168 valence electrons. The number of carbonyl (C=O) groups is 1. The van der Waals surface area contributed by atoms with Gasteiger partial charge in [0.05, 0.1) is 16.3 Å². The minimum absolute atomic E-state index is 0. The Morgan fingerprint density at radius 3 is 2.26 bits per heavy atom. The molecule has 0 radical (unpaired) electrons. The van der Waals surface area contributed by atoms with Crippen molar-refractivity contribution in [2.45, 2.75) is 47.6 Å². The highest BCUT2D eigenvalue weighted by Gasteiger charge is 2.22. The zero-order chi connectivity index (χ0) is 21.1. The number of pyridine rings is 1. The van der Waals surface area contributed by atoms with Gasteiger partial charge >= 0.3 is 0 Å². The number of nitrogens with zero attached hydrogens (tertiary/aromatic N) is 1. The molecular weight excluding hydrogens is 449 g/mol. The number of nitrogens with one attached hydrogen (secondary N) is 1. The van der Waals surface area contributed by atoms with E-state index in [2.05, 4.69) is 50.4 Å². The zero-order valence-electron chi connectivity index (χ0n) is 18.6. The first-order valence-corrected chi connectivity index (χ1v) is 10.8. The molecule has 0 saturated carbocycles. The zero-order valence-corrected chi connectivity index (χ0v) is 21.1. The first kappa shape index (κ1) is 27.1. The molecule has 3 aromatic rings. The number of aromatic nitrogens is 1. The van der Waals surface area contributed by atoms with E-state index in [4.69, 9.17) is 10.7 Å². The van der Waals surface area contributed by atoms with Gasteiger partial charge in [-0.1, -0.05) is 43.7 Å². The summed E-state index contributed by atoms with van der Waals surface area (Å²) in [5.41, 5.74) is 14.0. The fourth-order valence-electron chi connectivity index (χ4n) is 3.54. The summed E-state index contributed by atoms with van der Waals surface area (Å²) in [6, 6.07) is 10.3. The van der Waals surface area contributed by atoms with E-state index in [0.717, 1.165) is 50.6 Å². The third-order valence-electron chi connectivity index (χ3n) is 5.02. The minimum Gasteiger partial charge on any atom is -0.326 e. The molecule has 0 fully saturated rings. The lowest BCUT2D eigenvalue weighted by Gasteiger charge is -2.21. The van der Waals surface area contributed by atoms with E-state index >= 15 is 0 Å². The van der Waals surface area contributed by atoms with Crippen molar-refractivity contribution >= 4 is 47.7 Å². The second-order valence-corrected chi connectivity index (χ2v) is 8.84. The predicted octanol–water partition coefficient (Wildman–Crippen LogP) is 6.49. The molecule has 2 aromatic heterocycles. The van der Waals surface area contributed by atoms with Crippen molar-refractivity contribution in [2.24, 2.45) is 11.7 Å². The smallest absolute Gasteiger partial charge is 0.266 e. The number of halogens is 2.